The number of carboxylic acid groups (broad SMARTS) is 1. The molecule has 1 aromatic carbocycles. The Morgan fingerprint density at radius 3 is 3.04 bits per heavy atom. The summed E-state index contributed by atoms with van der Waals surface area (Å²) in [5.74, 6) is 0.666. The average molecular weight is 357 g/mol. The predicted molar refractivity (Wildman–Crippen MR) is 95.7 cm³/mol. The summed E-state index contributed by atoms with van der Waals surface area (Å²) in [5.41, 5.74) is 2.85. The molecule has 3 rings (SSSR count). The molecule has 2 heterocycles. The number of carbonyl (C=O) groups is 1. The van der Waals surface area contributed by atoms with Gasteiger partial charge in [0, 0.05) is 29.3 Å². The highest BCUT2D eigenvalue weighted by molar-refractivity contribution is 5.89. The number of hydrogen-bond acceptors (Lipinski definition) is 5. The maximum Gasteiger partial charge on any atom is 0.404 e. The molecule has 1 aliphatic rings. The van der Waals surface area contributed by atoms with Gasteiger partial charge in [-0.2, -0.15) is 0 Å². The van der Waals surface area contributed by atoms with E-state index in [1.165, 1.54) is 0 Å². The lowest BCUT2D eigenvalue weighted by Crippen LogP contribution is -2.28. The molecule has 3 N–H and O–H groups in total. The first kappa shape index (κ1) is 17.5. The summed E-state index contributed by atoms with van der Waals surface area (Å²) in [6.45, 7) is 2.17. The molecule has 26 heavy (non-hydrogen) atoms. The van der Waals surface area contributed by atoms with Gasteiger partial charge in [0.2, 0.25) is 0 Å². The number of pyridine rings is 1. The fourth-order valence-corrected chi connectivity index (χ4v) is 2.62. The molecule has 0 saturated carbocycles. The quantitative estimate of drug-likeness (QED) is 0.733. The maximum absolute atomic E-state index is 11.6. The van der Waals surface area contributed by atoms with Crippen LogP contribution in [0.5, 0.6) is 5.75 Å². The highest BCUT2D eigenvalue weighted by atomic mass is 16.7. The highest BCUT2D eigenvalue weighted by Gasteiger charge is 2.22. The molecule has 8 nitrogen and oxygen atoms in total. The SMILES string of the molecule is Cc1cc(-c2ccccc2OCC2CC(CNC(=O)O)=NO2)c[nH]c1=O. The number of para-hydroxylation sites is 1. The van der Waals surface area contributed by atoms with E-state index in [0.29, 0.717) is 23.4 Å². The standard InChI is InChI=1S/C18H19N3O5/c1-11-6-12(8-19-17(11)22)15-4-2-3-5-16(15)25-10-14-7-13(21-26-14)9-20-18(23)24/h2-6,8,14,20H,7,9-10H2,1H3,(H,19,22)(H,23,24). The van der Waals surface area contributed by atoms with Crippen molar-refractivity contribution in [2.45, 2.75) is 19.4 Å². The molecule has 1 unspecified atom stereocenters. The summed E-state index contributed by atoms with van der Waals surface area (Å²) >= 11 is 0. The Morgan fingerprint density at radius 1 is 1.46 bits per heavy atom. The number of ether oxygens (including phenoxy) is 1. The average Bonchev–Trinajstić information content (AvgIpc) is 3.09. The van der Waals surface area contributed by atoms with Crippen LogP contribution in [0.1, 0.15) is 12.0 Å². The second kappa shape index (κ2) is 7.73. The fraction of sp³-hybridized carbons (Fsp3) is 0.278. The molecule has 0 bridgehead atoms. The number of hydrogen-bond donors (Lipinski definition) is 3. The summed E-state index contributed by atoms with van der Waals surface area (Å²) in [7, 11) is 0. The smallest absolute Gasteiger partial charge is 0.404 e. The van der Waals surface area contributed by atoms with E-state index in [-0.39, 0.29) is 24.8 Å². The van der Waals surface area contributed by atoms with Crippen LogP contribution in [0.15, 0.2) is 46.5 Å². The third kappa shape index (κ3) is 4.21. The Morgan fingerprint density at radius 2 is 2.27 bits per heavy atom. The van der Waals surface area contributed by atoms with Gasteiger partial charge in [0.1, 0.15) is 12.4 Å². The van der Waals surface area contributed by atoms with E-state index in [1.54, 1.807) is 13.1 Å². The van der Waals surface area contributed by atoms with Crippen molar-refractivity contribution in [3.8, 4) is 16.9 Å². The van der Waals surface area contributed by atoms with Crippen LogP contribution in [-0.4, -0.2) is 41.2 Å². The Bertz CT molecular complexity index is 890. The molecule has 1 aromatic heterocycles. The Balaban J connectivity index is 1.64. The van der Waals surface area contributed by atoms with E-state index < -0.39 is 6.09 Å². The van der Waals surface area contributed by atoms with E-state index in [9.17, 15) is 9.59 Å². The number of benzene rings is 1. The number of aromatic amines is 1. The predicted octanol–water partition coefficient (Wildman–Crippen LogP) is 2.14. The minimum absolute atomic E-state index is 0.119. The van der Waals surface area contributed by atoms with Gasteiger partial charge in [-0.05, 0) is 19.1 Å². The van der Waals surface area contributed by atoms with E-state index in [4.69, 9.17) is 14.7 Å². The minimum Gasteiger partial charge on any atom is -0.489 e. The topological polar surface area (TPSA) is 113 Å². The fourth-order valence-electron chi connectivity index (χ4n) is 2.62. The Labute approximate surface area is 149 Å². The van der Waals surface area contributed by atoms with E-state index in [2.05, 4.69) is 15.5 Å². The van der Waals surface area contributed by atoms with Crippen molar-refractivity contribution < 1.29 is 19.5 Å². The van der Waals surface area contributed by atoms with Crippen LogP contribution in [0, 0.1) is 6.92 Å². The van der Waals surface area contributed by atoms with Gasteiger partial charge in [-0.25, -0.2) is 4.79 Å². The molecule has 0 aliphatic carbocycles. The molecule has 1 amide bonds. The van der Waals surface area contributed by atoms with Crippen molar-refractivity contribution in [1.29, 1.82) is 0 Å². The number of oxime groups is 1. The Kier molecular flexibility index (Phi) is 5.21. The first-order chi connectivity index (χ1) is 12.5. The number of nitrogens with zero attached hydrogens (tertiary/aromatic N) is 1. The van der Waals surface area contributed by atoms with Crippen LogP contribution in [0.3, 0.4) is 0 Å². The lowest BCUT2D eigenvalue weighted by Gasteiger charge is -2.14. The number of aryl methyl sites for hydroxylation is 1. The van der Waals surface area contributed by atoms with Crippen LogP contribution in [-0.2, 0) is 4.84 Å². The van der Waals surface area contributed by atoms with Crippen LogP contribution >= 0.6 is 0 Å². The van der Waals surface area contributed by atoms with Crippen molar-refractivity contribution in [3.05, 3.63) is 52.4 Å². The third-order valence-electron chi connectivity index (χ3n) is 3.95. The number of amides is 1. The molecule has 0 fully saturated rings. The first-order valence-electron chi connectivity index (χ1n) is 8.13. The van der Waals surface area contributed by atoms with Gasteiger partial charge >= 0.3 is 6.09 Å². The van der Waals surface area contributed by atoms with Crippen LogP contribution < -0.4 is 15.6 Å². The lowest BCUT2D eigenvalue weighted by atomic mass is 10.1. The van der Waals surface area contributed by atoms with Gasteiger partial charge in [-0.3, -0.25) is 4.79 Å². The first-order valence-corrected chi connectivity index (χ1v) is 8.13. The molecule has 1 atom stereocenters. The molecule has 0 saturated heterocycles. The zero-order valence-corrected chi connectivity index (χ0v) is 14.2. The number of aromatic nitrogens is 1. The van der Waals surface area contributed by atoms with E-state index in [0.717, 1.165) is 11.1 Å². The molecular weight excluding hydrogens is 338 g/mol. The zero-order chi connectivity index (χ0) is 18.5. The molecular formula is C18H19N3O5. The second-order valence-electron chi connectivity index (χ2n) is 5.96. The van der Waals surface area contributed by atoms with Gasteiger partial charge in [0.25, 0.3) is 5.56 Å². The van der Waals surface area contributed by atoms with Gasteiger partial charge in [0.15, 0.2) is 6.10 Å². The van der Waals surface area contributed by atoms with Crippen molar-refractivity contribution in [2.75, 3.05) is 13.2 Å². The lowest BCUT2D eigenvalue weighted by molar-refractivity contribution is 0.0472. The Hall–Kier alpha value is -3.29. The normalized spacial score (nSPS) is 15.9. The van der Waals surface area contributed by atoms with Gasteiger partial charge in [-0.15, -0.1) is 0 Å². The van der Waals surface area contributed by atoms with Crippen molar-refractivity contribution in [1.82, 2.24) is 10.3 Å². The molecule has 0 spiro atoms. The van der Waals surface area contributed by atoms with Gasteiger partial charge in [0.05, 0.1) is 12.3 Å². The molecule has 1 aliphatic heterocycles. The number of H-pyrrole nitrogens is 1. The third-order valence-corrected chi connectivity index (χ3v) is 3.95. The monoisotopic (exact) mass is 357 g/mol. The summed E-state index contributed by atoms with van der Waals surface area (Å²) in [6.07, 6.45) is 0.784. The summed E-state index contributed by atoms with van der Waals surface area (Å²) < 4.78 is 5.89. The molecule has 8 heteroatoms. The summed E-state index contributed by atoms with van der Waals surface area (Å²) in [5, 5.41) is 14.7. The van der Waals surface area contributed by atoms with E-state index >= 15 is 0 Å². The zero-order valence-electron chi connectivity index (χ0n) is 14.2. The van der Waals surface area contributed by atoms with Crippen LogP contribution in [0.2, 0.25) is 0 Å². The van der Waals surface area contributed by atoms with E-state index in [1.807, 2.05) is 30.3 Å². The molecule has 0 radical (unpaired) electrons. The van der Waals surface area contributed by atoms with Crippen LogP contribution in [0.25, 0.3) is 11.1 Å². The largest absolute Gasteiger partial charge is 0.489 e. The second-order valence-corrected chi connectivity index (χ2v) is 5.96. The van der Waals surface area contributed by atoms with Crippen molar-refractivity contribution in [2.24, 2.45) is 5.16 Å². The minimum atomic E-state index is -1.10. The highest BCUT2D eigenvalue weighted by Crippen LogP contribution is 2.29. The van der Waals surface area contributed by atoms with Gasteiger partial charge in [-0.1, -0.05) is 23.4 Å². The summed E-state index contributed by atoms with van der Waals surface area (Å²) in [6, 6.07) is 9.33. The van der Waals surface area contributed by atoms with Crippen LogP contribution in [0.4, 0.5) is 4.79 Å². The summed E-state index contributed by atoms with van der Waals surface area (Å²) in [4.78, 5) is 30.1. The maximum atomic E-state index is 11.6. The van der Waals surface area contributed by atoms with Gasteiger partial charge < -0.3 is 25.0 Å². The van der Waals surface area contributed by atoms with Crippen molar-refractivity contribution in [3.63, 3.8) is 0 Å². The number of rotatable bonds is 6. The molecule has 136 valence electrons. The van der Waals surface area contributed by atoms with Crippen molar-refractivity contribution >= 4 is 11.8 Å². The number of nitrogens with one attached hydrogen (secondary N) is 2. The molecule has 2 aromatic rings.